The van der Waals surface area contributed by atoms with Gasteiger partial charge in [-0.1, -0.05) is 13.8 Å². The molecule has 0 amide bonds. The fourth-order valence-corrected chi connectivity index (χ4v) is 2.23. The highest BCUT2D eigenvalue weighted by molar-refractivity contribution is 5.27. The molecule has 0 aliphatic rings. The molecule has 0 bridgehead atoms. The Morgan fingerprint density at radius 1 is 1.22 bits per heavy atom. The number of nitrogens with one attached hydrogen (secondary N) is 1. The van der Waals surface area contributed by atoms with Crippen LogP contribution in [0.1, 0.15) is 37.9 Å². The molecule has 5 heteroatoms. The average Bonchev–Trinajstić information content (AvgIpc) is 2.27. The Hall–Kier alpha value is -1.10. The average molecular weight is 260 g/mol. The standard InChI is InChI=1S/C13H19F3N2/c1-8(2)11(9(3)17-4)12-10(13(14,15)16)6-5-7-18-12/h5-9,11,17H,1-4H3. The Bertz CT molecular complexity index is 388. The molecule has 1 aromatic heterocycles. The highest BCUT2D eigenvalue weighted by Gasteiger charge is 2.37. The van der Waals surface area contributed by atoms with Gasteiger partial charge < -0.3 is 5.32 Å². The van der Waals surface area contributed by atoms with E-state index in [-0.39, 0.29) is 23.6 Å². The Morgan fingerprint density at radius 2 is 1.83 bits per heavy atom. The first-order valence-corrected chi connectivity index (χ1v) is 5.98. The highest BCUT2D eigenvalue weighted by Crippen LogP contribution is 2.37. The van der Waals surface area contributed by atoms with Crippen molar-refractivity contribution in [2.75, 3.05) is 7.05 Å². The van der Waals surface area contributed by atoms with Crippen molar-refractivity contribution in [1.29, 1.82) is 0 Å². The molecule has 1 heterocycles. The molecule has 0 aliphatic heterocycles. The summed E-state index contributed by atoms with van der Waals surface area (Å²) in [6, 6.07) is 2.36. The van der Waals surface area contributed by atoms with Crippen LogP contribution in [-0.4, -0.2) is 18.1 Å². The van der Waals surface area contributed by atoms with E-state index < -0.39 is 11.7 Å². The lowest BCUT2D eigenvalue weighted by Crippen LogP contribution is -2.34. The number of hydrogen-bond donors (Lipinski definition) is 1. The van der Waals surface area contributed by atoms with E-state index in [2.05, 4.69) is 10.3 Å². The molecule has 2 atom stereocenters. The predicted octanol–water partition coefficient (Wildman–Crippen LogP) is 3.45. The maximum Gasteiger partial charge on any atom is 0.418 e. The topological polar surface area (TPSA) is 24.9 Å². The lowest BCUT2D eigenvalue weighted by Gasteiger charge is -2.28. The van der Waals surface area contributed by atoms with Gasteiger partial charge >= 0.3 is 6.18 Å². The van der Waals surface area contributed by atoms with Gasteiger partial charge in [0.05, 0.1) is 11.3 Å². The summed E-state index contributed by atoms with van der Waals surface area (Å²) in [6.07, 6.45) is -2.94. The van der Waals surface area contributed by atoms with E-state index in [9.17, 15) is 13.2 Å². The molecular formula is C13H19F3N2. The minimum Gasteiger partial charge on any atom is -0.317 e. The van der Waals surface area contributed by atoms with Crippen LogP contribution in [0.4, 0.5) is 13.2 Å². The molecule has 1 aromatic rings. The largest absolute Gasteiger partial charge is 0.418 e. The van der Waals surface area contributed by atoms with Gasteiger partial charge in [-0.25, -0.2) is 0 Å². The van der Waals surface area contributed by atoms with Crippen molar-refractivity contribution in [2.24, 2.45) is 5.92 Å². The molecule has 0 saturated heterocycles. The molecule has 0 saturated carbocycles. The van der Waals surface area contributed by atoms with Crippen LogP contribution >= 0.6 is 0 Å². The second-order valence-electron chi connectivity index (χ2n) is 4.78. The van der Waals surface area contributed by atoms with Gasteiger partial charge in [0.1, 0.15) is 0 Å². The van der Waals surface area contributed by atoms with Crippen LogP contribution in [0.5, 0.6) is 0 Å². The first kappa shape index (κ1) is 15.0. The van der Waals surface area contributed by atoms with Gasteiger partial charge in [0.25, 0.3) is 0 Å². The predicted molar refractivity (Wildman–Crippen MR) is 65.3 cm³/mol. The molecule has 1 rings (SSSR count). The third kappa shape index (κ3) is 3.22. The molecular weight excluding hydrogens is 241 g/mol. The molecule has 2 unspecified atom stereocenters. The second kappa shape index (κ2) is 5.69. The van der Waals surface area contributed by atoms with Gasteiger partial charge in [-0.05, 0) is 32.0 Å². The lowest BCUT2D eigenvalue weighted by atomic mass is 9.84. The van der Waals surface area contributed by atoms with E-state index in [4.69, 9.17) is 0 Å². The number of rotatable bonds is 4. The summed E-state index contributed by atoms with van der Waals surface area (Å²) in [7, 11) is 1.75. The molecule has 18 heavy (non-hydrogen) atoms. The maximum atomic E-state index is 13.0. The van der Waals surface area contributed by atoms with Crippen LogP contribution in [0.3, 0.4) is 0 Å². The van der Waals surface area contributed by atoms with E-state index in [0.29, 0.717) is 0 Å². The number of halogens is 3. The zero-order valence-corrected chi connectivity index (χ0v) is 11.0. The van der Waals surface area contributed by atoms with Crippen molar-refractivity contribution in [2.45, 2.75) is 38.9 Å². The van der Waals surface area contributed by atoms with Crippen LogP contribution in [0.15, 0.2) is 18.3 Å². The Balaban J connectivity index is 3.29. The fourth-order valence-electron chi connectivity index (χ4n) is 2.23. The molecule has 2 nitrogen and oxygen atoms in total. The van der Waals surface area contributed by atoms with Crippen molar-refractivity contribution in [1.82, 2.24) is 10.3 Å². The summed E-state index contributed by atoms with van der Waals surface area (Å²) < 4.78 is 38.9. The number of alkyl halides is 3. The van der Waals surface area contributed by atoms with E-state index in [0.717, 1.165) is 6.07 Å². The molecule has 0 fully saturated rings. The minimum absolute atomic E-state index is 0.0685. The molecule has 1 N–H and O–H groups in total. The number of pyridine rings is 1. The zero-order chi connectivity index (χ0) is 13.9. The minimum atomic E-state index is -4.36. The molecule has 0 aromatic carbocycles. The van der Waals surface area contributed by atoms with E-state index in [1.54, 1.807) is 7.05 Å². The third-order valence-corrected chi connectivity index (χ3v) is 3.17. The molecule has 0 aliphatic carbocycles. The lowest BCUT2D eigenvalue weighted by molar-refractivity contribution is -0.138. The summed E-state index contributed by atoms with van der Waals surface area (Å²) in [6.45, 7) is 5.69. The third-order valence-electron chi connectivity index (χ3n) is 3.17. The van der Waals surface area contributed by atoms with Gasteiger partial charge in [-0.3, -0.25) is 4.98 Å². The summed E-state index contributed by atoms with van der Waals surface area (Å²) in [5, 5.41) is 3.02. The van der Waals surface area contributed by atoms with E-state index in [1.807, 2.05) is 20.8 Å². The van der Waals surface area contributed by atoms with Crippen molar-refractivity contribution < 1.29 is 13.2 Å². The summed E-state index contributed by atoms with van der Waals surface area (Å²) in [4.78, 5) is 3.98. The summed E-state index contributed by atoms with van der Waals surface area (Å²) in [5.74, 6) is -0.198. The first-order chi connectivity index (χ1) is 8.29. The van der Waals surface area contributed by atoms with Crippen molar-refractivity contribution >= 4 is 0 Å². The summed E-state index contributed by atoms with van der Waals surface area (Å²) >= 11 is 0. The van der Waals surface area contributed by atoms with Crippen LogP contribution in [-0.2, 0) is 6.18 Å². The monoisotopic (exact) mass is 260 g/mol. The van der Waals surface area contributed by atoms with Gasteiger partial charge in [-0.2, -0.15) is 13.2 Å². The number of hydrogen-bond acceptors (Lipinski definition) is 2. The Labute approximate surface area is 106 Å². The van der Waals surface area contributed by atoms with Crippen molar-refractivity contribution in [3.05, 3.63) is 29.6 Å². The first-order valence-electron chi connectivity index (χ1n) is 5.98. The molecule has 0 spiro atoms. The highest BCUT2D eigenvalue weighted by atomic mass is 19.4. The second-order valence-corrected chi connectivity index (χ2v) is 4.78. The van der Waals surface area contributed by atoms with Crippen LogP contribution in [0, 0.1) is 5.92 Å². The Kier molecular flexibility index (Phi) is 4.73. The normalized spacial score (nSPS) is 15.8. The van der Waals surface area contributed by atoms with Gasteiger partial charge in [0.15, 0.2) is 0 Å². The summed E-state index contributed by atoms with van der Waals surface area (Å²) in [5.41, 5.74) is -0.507. The van der Waals surface area contributed by atoms with Gasteiger partial charge in [0.2, 0.25) is 0 Å². The number of aromatic nitrogens is 1. The van der Waals surface area contributed by atoms with Crippen LogP contribution in [0.25, 0.3) is 0 Å². The maximum absolute atomic E-state index is 13.0. The van der Waals surface area contributed by atoms with Crippen molar-refractivity contribution in [3.63, 3.8) is 0 Å². The molecule has 102 valence electrons. The fraction of sp³-hybridized carbons (Fsp3) is 0.615. The molecule has 0 radical (unpaired) electrons. The van der Waals surface area contributed by atoms with E-state index >= 15 is 0 Å². The van der Waals surface area contributed by atoms with Crippen LogP contribution in [0.2, 0.25) is 0 Å². The number of likely N-dealkylation sites (N-methyl/N-ethyl adjacent to an activating group) is 1. The van der Waals surface area contributed by atoms with Crippen molar-refractivity contribution in [3.8, 4) is 0 Å². The Morgan fingerprint density at radius 3 is 2.28 bits per heavy atom. The zero-order valence-electron chi connectivity index (χ0n) is 11.0. The quantitative estimate of drug-likeness (QED) is 0.897. The SMILES string of the molecule is CNC(C)C(c1ncccc1C(F)(F)F)C(C)C. The van der Waals surface area contributed by atoms with Crippen LogP contribution < -0.4 is 5.32 Å². The van der Waals surface area contributed by atoms with Gasteiger partial charge in [0, 0.05) is 18.2 Å². The van der Waals surface area contributed by atoms with Gasteiger partial charge in [-0.15, -0.1) is 0 Å². The smallest absolute Gasteiger partial charge is 0.317 e. The number of nitrogens with zero attached hydrogens (tertiary/aromatic N) is 1. The van der Waals surface area contributed by atoms with E-state index in [1.165, 1.54) is 12.3 Å².